The van der Waals surface area contributed by atoms with Gasteiger partial charge in [0.2, 0.25) is 0 Å². The maximum atomic E-state index is 12.0. The summed E-state index contributed by atoms with van der Waals surface area (Å²) in [5.74, 6) is 0.429. The van der Waals surface area contributed by atoms with E-state index in [0.29, 0.717) is 22.9 Å². The van der Waals surface area contributed by atoms with E-state index in [9.17, 15) is 4.79 Å². The van der Waals surface area contributed by atoms with Crippen LogP contribution in [0, 0.1) is 0 Å². The Labute approximate surface area is 123 Å². The van der Waals surface area contributed by atoms with Crippen molar-refractivity contribution in [2.45, 2.75) is 6.42 Å². The summed E-state index contributed by atoms with van der Waals surface area (Å²) in [6, 6.07) is 15.0. The Hall–Kier alpha value is -2.00. The highest BCUT2D eigenvalue weighted by molar-refractivity contribution is 6.32. The minimum absolute atomic E-state index is 0.134. The molecule has 0 aliphatic heterocycles. The number of amides is 1. The Bertz CT molecular complexity index is 584. The number of ether oxygens (including phenoxy) is 1. The van der Waals surface area contributed by atoms with Crippen LogP contribution in [0.1, 0.15) is 15.9 Å². The van der Waals surface area contributed by atoms with Gasteiger partial charge in [0.25, 0.3) is 5.91 Å². The lowest BCUT2D eigenvalue weighted by Gasteiger charge is -2.07. The number of hydrogen-bond donors (Lipinski definition) is 1. The van der Waals surface area contributed by atoms with Gasteiger partial charge in [0.05, 0.1) is 12.1 Å². The van der Waals surface area contributed by atoms with E-state index in [1.165, 1.54) is 5.56 Å². The third kappa shape index (κ3) is 3.75. The molecule has 0 fully saturated rings. The van der Waals surface area contributed by atoms with Crippen molar-refractivity contribution in [3.8, 4) is 5.75 Å². The average Bonchev–Trinajstić information content (AvgIpc) is 2.48. The molecule has 0 aromatic heterocycles. The highest BCUT2D eigenvalue weighted by Crippen LogP contribution is 2.24. The Balaban J connectivity index is 1.90. The summed E-state index contributed by atoms with van der Waals surface area (Å²) in [7, 11) is 1.54. The van der Waals surface area contributed by atoms with Crippen LogP contribution in [0.2, 0.25) is 5.02 Å². The molecule has 0 aliphatic rings. The van der Waals surface area contributed by atoms with Crippen LogP contribution in [-0.4, -0.2) is 19.6 Å². The SMILES string of the molecule is COc1ccc(C(=O)NCCc2ccccc2)cc1Cl. The van der Waals surface area contributed by atoms with Gasteiger partial charge in [0.1, 0.15) is 5.75 Å². The topological polar surface area (TPSA) is 38.3 Å². The molecule has 4 heteroatoms. The number of methoxy groups -OCH3 is 1. The molecule has 2 aromatic rings. The Morgan fingerprint density at radius 1 is 1.20 bits per heavy atom. The molecule has 3 nitrogen and oxygen atoms in total. The van der Waals surface area contributed by atoms with Gasteiger partial charge in [0.15, 0.2) is 0 Å². The summed E-state index contributed by atoms with van der Waals surface area (Å²) in [4.78, 5) is 12.0. The van der Waals surface area contributed by atoms with Crippen LogP contribution in [0.15, 0.2) is 48.5 Å². The second-order valence-corrected chi connectivity index (χ2v) is 4.75. The van der Waals surface area contributed by atoms with Gasteiger partial charge in [-0.05, 0) is 30.2 Å². The molecule has 0 bridgehead atoms. The summed E-state index contributed by atoms with van der Waals surface area (Å²) in [6.07, 6.45) is 0.802. The van der Waals surface area contributed by atoms with E-state index in [-0.39, 0.29) is 5.91 Å². The molecular weight excluding hydrogens is 274 g/mol. The van der Waals surface area contributed by atoms with Gasteiger partial charge >= 0.3 is 0 Å². The lowest BCUT2D eigenvalue weighted by atomic mass is 10.1. The highest BCUT2D eigenvalue weighted by Gasteiger charge is 2.08. The largest absolute Gasteiger partial charge is 0.495 e. The molecule has 0 spiro atoms. The van der Waals surface area contributed by atoms with E-state index in [0.717, 1.165) is 6.42 Å². The molecule has 1 amide bonds. The highest BCUT2D eigenvalue weighted by atomic mass is 35.5. The van der Waals surface area contributed by atoms with Gasteiger partial charge in [-0.15, -0.1) is 0 Å². The normalized spacial score (nSPS) is 10.1. The third-order valence-electron chi connectivity index (χ3n) is 2.96. The molecule has 0 radical (unpaired) electrons. The van der Waals surface area contributed by atoms with E-state index in [2.05, 4.69) is 5.32 Å². The number of carbonyl (C=O) groups excluding carboxylic acids is 1. The van der Waals surface area contributed by atoms with Crippen molar-refractivity contribution in [3.63, 3.8) is 0 Å². The van der Waals surface area contributed by atoms with Crippen LogP contribution in [0.4, 0.5) is 0 Å². The van der Waals surface area contributed by atoms with E-state index >= 15 is 0 Å². The number of hydrogen-bond acceptors (Lipinski definition) is 2. The van der Waals surface area contributed by atoms with Gasteiger partial charge in [-0.3, -0.25) is 4.79 Å². The van der Waals surface area contributed by atoms with Crippen molar-refractivity contribution in [2.75, 3.05) is 13.7 Å². The average molecular weight is 290 g/mol. The molecule has 20 heavy (non-hydrogen) atoms. The first-order valence-electron chi connectivity index (χ1n) is 6.36. The summed E-state index contributed by atoms with van der Waals surface area (Å²) in [6.45, 7) is 0.590. The summed E-state index contributed by atoms with van der Waals surface area (Å²) in [5.41, 5.74) is 1.73. The fourth-order valence-corrected chi connectivity index (χ4v) is 2.13. The number of nitrogens with one attached hydrogen (secondary N) is 1. The molecule has 0 unspecified atom stereocenters. The molecule has 2 rings (SSSR count). The Morgan fingerprint density at radius 3 is 2.60 bits per heavy atom. The minimum Gasteiger partial charge on any atom is -0.495 e. The zero-order valence-electron chi connectivity index (χ0n) is 11.2. The van der Waals surface area contributed by atoms with E-state index < -0.39 is 0 Å². The van der Waals surface area contributed by atoms with Crippen LogP contribution < -0.4 is 10.1 Å². The van der Waals surface area contributed by atoms with Crippen molar-refractivity contribution in [1.29, 1.82) is 0 Å². The first kappa shape index (κ1) is 14.4. The first-order chi connectivity index (χ1) is 9.70. The van der Waals surface area contributed by atoms with Crippen molar-refractivity contribution in [3.05, 3.63) is 64.7 Å². The van der Waals surface area contributed by atoms with Gasteiger partial charge in [-0.1, -0.05) is 41.9 Å². The van der Waals surface area contributed by atoms with Crippen LogP contribution in [-0.2, 0) is 6.42 Å². The van der Waals surface area contributed by atoms with Crippen molar-refractivity contribution in [2.24, 2.45) is 0 Å². The molecule has 0 heterocycles. The number of carbonyl (C=O) groups is 1. The van der Waals surface area contributed by atoms with Crippen LogP contribution in [0.5, 0.6) is 5.75 Å². The fraction of sp³-hybridized carbons (Fsp3) is 0.188. The zero-order chi connectivity index (χ0) is 14.4. The molecule has 104 valence electrons. The maximum absolute atomic E-state index is 12.0. The quantitative estimate of drug-likeness (QED) is 0.917. The standard InChI is InChI=1S/C16H16ClNO2/c1-20-15-8-7-13(11-14(15)17)16(19)18-10-9-12-5-3-2-4-6-12/h2-8,11H,9-10H2,1H3,(H,18,19). The zero-order valence-corrected chi connectivity index (χ0v) is 12.0. The lowest BCUT2D eigenvalue weighted by molar-refractivity contribution is 0.0954. The predicted octanol–water partition coefficient (Wildman–Crippen LogP) is 3.32. The number of rotatable bonds is 5. The first-order valence-corrected chi connectivity index (χ1v) is 6.74. The summed E-state index contributed by atoms with van der Waals surface area (Å²) < 4.78 is 5.06. The third-order valence-corrected chi connectivity index (χ3v) is 3.25. The van der Waals surface area contributed by atoms with Gasteiger partial charge < -0.3 is 10.1 Å². The molecule has 2 aromatic carbocycles. The van der Waals surface area contributed by atoms with Crippen LogP contribution >= 0.6 is 11.6 Å². The molecule has 0 atom stereocenters. The van der Waals surface area contributed by atoms with Crippen molar-refractivity contribution < 1.29 is 9.53 Å². The number of halogens is 1. The van der Waals surface area contributed by atoms with E-state index in [1.54, 1.807) is 25.3 Å². The van der Waals surface area contributed by atoms with E-state index in [4.69, 9.17) is 16.3 Å². The predicted molar refractivity (Wildman–Crippen MR) is 80.5 cm³/mol. The molecule has 0 aliphatic carbocycles. The monoisotopic (exact) mass is 289 g/mol. The molecule has 1 N–H and O–H groups in total. The summed E-state index contributed by atoms with van der Waals surface area (Å²) >= 11 is 6.00. The minimum atomic E-state index is -0.134. The van der Waals surface area contributed by atoms with Crippen molar-refractivity contribution >= 4 is 17.5 Å². The van der Waals surface area contributed by atoms with Gasteiger partial charge in [0, 0.05) is 12.1 Å². The molecule has 0 saturated heterocycles. The van der Waals surface area contributed by atoms with Gasteiger partial charge in [-0.2, -0.15) is 0 Å². The summed E-state index contributed by atoms with van der Waals surface area (Å²) in [5, 5.41) is 3.31. The van der Waals surface area contributed by atoms with Crippen LogP contribution in [0.3, 0.4) is 0 Å². The lowest BCUT2D eigenvalue weighted by Crippen LogP contribution is -2.25. The smallest absolute Gasteiger partial charge is 0.251 e. The van der Waals surface area contributed by atoms with E-state index in [1.807, 2.05) is 30.3 Å². The second kappa shape index (κ2) is 6.96. The second-order valence-electron chi connectivity index (χ2n) is 4.34. The van der Waals surface area contributed by atoms with Crippen LogP contribution in [0.25, 0.3) is 0 Å². The molecule has 0 saturated carbocycles. The molecular formula is C16H16ClNO2. The Morgan fingerprint density at radius 2 is 1.95 bits per heavy atom. The maximum Gasteiger partial charge on any atom is 0.251 e. The fourth-order valence-electron chi connectivity index (χ4n) is 1.87. The van der Waals surface area contributed by atoms with Gasteiger partial charge in [-0.25, -0.2) is 0 Å². The Kier molecular flexibility index (Phi) is 5.02. The van der Waals surface area contributed by atoms with Crippen molar-refractivity contribution in [1.82, 2.24) is 5.32 Å². The number of benzene rings is 2.